The van der Waals surface area contributed by atoms with Crippen LogP contribution in [0, 0.1) is 5.82 Å². The van der Waals surface area contributed by atoms with Crippen LogP contribution in [0.3, 0.4) is 0 Å². The van der Waals surface area contributed by atoms with Crippen LogP contribution in [-0.4, -0.2) is 23.0 Å². The van der Waals surface area contributed by atoms with Gasteiger partial charge in [-0.15, -0.1) is 0 Å². The van der Waals surface area contributed by atoms with Gasteiger partial charge in [-0.25, -0.2) is 14.2 Å². The second kappa shape index (κ2) is 3.73. The van der Waals surface area contributed by atoms with Crippen LogP contribution in [0.4, 0.5) is 4.39 Å². The summed E-state index contributed by atoms with van der Waals surface area (Å²) in [4.78, 5) is 28.3. The van der Waals surface area contributed by atoms with E-state index in [0.29, 0.717) is 5.52 Å². The third-order valence-corrected chi connectivity index (χ3v) is 2.07. The molecule has 0 bridgehead atoms. The first kappa shape index (κ1) is 10.3. The van der Waals surface area contributed by atoms with Crippen molar-refractivity contribution in [2.75, 3.05) is 7.11 Å². The molecule has 0 spiro atoms. The van der Waals surface area contributed by atoms with E-state index in [4.69, 9.17) is 0 Å². The standard InChI is InChI=1S/C10H7FN2O3/c1-16-10(15)5-2-7-8(3-6(5)11)13-9(14)4-12-7/h2-4H,1H3,(H,13,14). The molecule has 0 amide bonds. The molecule has 1 heterocycles. The quantitative estimate of drug-likeness (QED) is 0.726. The number of benzene rings is 1. The Labute approximate surface area is 88.9 Å². The van der Waals surface area contributed by atoms with Gasteiger partial charge in [-0.1, -0.05) is 0 Å². The summed E-state index contributed by atoms with van der Waals surface area (Å²) < 4.78 is 17.8. The SMILES string of the molecule is COC(=O)c1cc2ncc(=O)[nH]c2cc1F. The number of nitrogens with zero attached hydrogens (tertiary/aromatic N) is 1. The van der Waals surface area contributed by atoms with Gasteiger partial charge >= 0.3 is 5.97 Å². The molecule has 0 saturated carbocycles. The summed E-state index contributed by atoms with van der Waals surface area (Å²) in [7, 11) is 1.16. The summed E-state index contributed by atoms with van der Waals surface area (Å²) in [6.45, 7) is 0. The van der Waals surface area contributed by atoms with Gasteiger partial charge in [0.2, 0.25) is 0 Å². The predicted octanol–water partition coefficient (Wildman–Crippen LogP) is 0.849. The van der Waals surface area contributed by atoms with E-state index in [9.17, 15) is 14.0 Å². The zero-order valence-corrected chi connectivity index (χ0v) is 8.28. The molecular weight excluding hydrogens is 215 g/mol. The van der Waals surface area contributed by atoms with Gasteiger partial charge < -0.3 is 9.72 Å². The third kappa shape index (κ3) is 1.65. The van der Waals surface area contributed by atoms with Crippen molar-refractivity contribution in [3.63, 3.8) is 0 Å². The number of aromatic nitrogens is 2. The number of hydrogen-bond donors (Lipinski definition) is 1. The molecule has 1 N–H and O–H groups in total. The smallest absolute Gasteiger partial charge is 0.340 e. The Kier molecular flexibility index (Phi) is 2.40. The highest BCUT2D eigenvalue weighted by Crippen LogP contribution is 2.15. The molecular formula is C10H7FN2O3. The second-order valence-electron chi connectivity index (χ2n) is 3.09. The minimum atomic E-state index is -0.785. The average molecular weight is 222 g/mol. The molecule has 0 aliphatic rings. The van der Waals surface area contributed by atoms with Gasteiger partial charge in [0, 0.05) is 6.07 Å². The molecule has 0 radical (unpaired) electrons. The molecule has 82 valence electrons. The number of esters is 1. The molecule has 0 atom stereocenters. The number of carbonyl (C=O) groups is 1. The highest BCUT2D eigenvalue weighted by Gasteiger charge is 2.13. The van der Waals surface area contributed by atoms with Gasteiger partial charge in [0.05, 0.1) is 29.9 Å². The van der Waals surface area contributed by atoms with Crippen LogP contribution in [0.5, 0.6) is 0 Å². The molecule has 2 aromatic rings. The van der Waals surface area contributed by atoms with Gasteiger partial charge in [-0.2, -0.15) is 0 Å². The lowest BCUT2D eigenvalue weighted by Gasteiger charge is -2.02. The molecule has 2 rings (SSSR count). The van der Waals surface area contributed by atoms with Gasteiger partial charge in [0.25, 0.3) is 5.56 Å². The molecule has 0 fully saturated rings. The molecule has 6 heteroatoms. The van der Waals surface area contributed by atoms with Crippen molar-refractivity contribution in [1.29, 1.82) is 0 Å². The largest absolute Gasteiger partial charge is 0.465 e. The molecule has 0 unspecified atom stereocenters. The number of methoxy groups -OCH3 is 1. The van der Waals surface area contributed by atoms with Crippen molar-refractivity contribution in [2.45, 2.75) is 0 Å². The summed E-state index contributed by atoms with van der Waals surface area (Å²) in [5, 5.41) is 0. The summed E-state index contributed by atoms with van der Waals surface area (Å²) >= 11 is 0. The summed E-state index contributed by atoms with van der Waals surface area (Å²) in [5.74, 6) is -1.55. The topological polar surface area (TPSA) is 72.0 Å². The summed E-state index contributed by atoms with van der Waals surface area (Å²) in [5.41, 5.74) is -0.0914. The number of halogens is 1. The maximum Gasteiger partial charge on any atom is 0.340 e. The van der Waals surface area contributed by atoms with E-state index in [1.807, 2.05) is 0 Å². The first-order valence-electron chi connectivity index (χ1n) is 4.38. The predicted molar refractivity (Wildman–Crippen MR) is 53.7 cm³/mol. The number of H-pyrrole nitrogens is 1. The van der Waals surface area contributed by atoms with E-state index in [1.165, 1.54) is 6.07 Å². The Morgan fingerprint density at radius 2 is 2.25 bits per heavy atom. The number of rotatable bonds is 1. The molecule has 0 aliphatic carbocycles. The molecule has 0 aliphatic heterocycles. The van der Waals surface area contributed by atoms with Crippen LogP contribution >= 0.6 is 0 Å². The van der Waals surface area contributed by atoms with Crippen molar-refractivity contribution < 1.29 is 13.9 Å². The van der Waals surface area contributed by atoms with Gasteiger partial charge in [-0.05, 0) is 6.07 Å². The fraction of sp³-hybridized carbons (Fsp3) is 0.100. The van der Waals surface area contributed by atoms with Crippen LogP contribution in [0.25, 0.3) is 11.0 Å². The van der Waals surface area contributed by atoms with Crippen LogP contribution < -0.4 is 5.56 Å². The van der Waals surface area contributed by atoms with Crippen molar-refractivity contribution in [2.24, 2.45) is 0 Å². The Morgan fingerprint density at radius 1 is 1.50 bits per heavy atom. The van der Waals surface area contributed by atoms with E-state index in [2.05, 4.69) is 14.7 Å². The number of ether oxygens (including phenoxy) is 1. The van der Waals surface area contributed by atoms with Crippen molar-refractivity contribution in [3.8, 4) is 0 Å². The van der Waals surface area contributed by atoms with Crippen molar-refractivity contribution in [1.82, 2.24) is 9.97 Å². The van der Waals surface area contributed by atoms with Crippen LogP contribution in [-0.2, 0) is 4.74 Å². The molecule has 5 nitrogen and oxygen atoms in total. The van der Waals surface area contributed by atoms with Crippen LogP contribution in [0.15, 0.2) is 23.1 Å². The Balaban J connectivity index is 2.72. The average Bonchev–Trinajstić information content (AvgIpc) is 2.27. The maximum atomic E-state index is 13.4. The van der Waals surface area contributed by atoms with Crippen LogP contribution in [0.1, 0.15) is 10.4 Å². The normalized spacial score (nSPS) is 10.4. The van der Waals surface area contributed by atoms with E-state index >= 15 is 0 Å². The number of hydrogen-bond acceptors (Lipinski definition) is 4. The number of nitrogens with one attached hydrogen (secondary N) is 1. The maximum absolute atomic E-state index is 13.4. The fourth-order valence-electron chi connectivity index (χ4n) is 1.33. The van der Waals surface area contributed by atoms with Crippen molar-refractivity contribution in [3.05, 3.63) is 40.1 Å². The van der Waals surface area contributed by atoms with E-state index in [1.54, 1.807) is 0 Å². The summed E-state index contributed by atoms with van der Waals surface area (Å²) in [6.07, 6.45) is 1.06. The number of carbonyl (C=O) groups excluding carboxylic acids is 1. The fourth-order valence-corrected chi connectivity index (χ4v) is 1.33. The zero-order valence-electron chi connectivity index (χ0n) is 8.28. The Hall–Kier alpha value is -2.24. The Bertz CT molecular complexity index is 621. The first-order valence-corrected chi connectivity index (χ1v) is 4.38. The van der Waals surface area contributed by atoms with Gasteiger partial charge in [-0.3, -0.25) is 4.79 Å². The minimum absolute atomic E-state index is 0.213. The number of aromatic amines is 1. The monoisotopic (exact) mass is 222 g/mol. The minimum Gasteiger partial charge on any atom is -0.465 e. The Morgan fingerprint density at radius 3 is 2.94 bits per heavy atom. The van der Waals surface area contributed by atoms with Crippen molar-refractivity contribution >= 4 is 17.0 Å². The van der Waals surface area contributed by atoms with Gasteiger partial charge in [0.1, 0.15) is 5.82 Å². The highest BCUT2D eigenvalue weighted by molar-refractivity contribution is 5.93. The van der Waals surface area contributed by atoms with E-state index in [-0.39, 0.29) is 11.1 Å². The van der Waals surface area contributed by atoms with E-state index < -0.39 is 17.3 Å². The molecule has 1 aromatic heterocycles. The number of fused-ring (bicyclic) bond motifs is 1. The third-order valence-electron chi connectivity index (χ3n) is 2.07. The highest BCUT2D eigenvalue weighted by atomic mass is 19.1. The van der Waals surface area contributed by atoms with Gasteiger partial charge in [0.15, 0.2) is 0 Å². The molecule has 0 saturated heterocycles. The molecule has 16 heavy (non-hydrogen) atoms. The van der Waals surface area contributed by atoms with Crippen LogP contribution in [0.2, 0.25) is 0 Å². The summed E-state index contributed by atoms with van der Waals surface area (Å²) in [6, 6.07) is 2.27. The van der Waals surface area contributed by atoms with E-state index in [0.717, 1.165) is 19.4 Å². The first-order chi connectivity index (χ1) is 7.61. The lowest BCUT2D eigenvalue weighted by molar-refractivity contribution is 0.0595. The lowest BCUT2D eigenvalue weighted by atomic mass is 10.2. The molecule has 1 aromatic carbocycles. The second-order valence-corrected chi connectivity index (χ2v) is 3.09. The zero-order chi connectivity index (χ0) is 11.7. The lowest BCUT2D eigenvalue weighted by Crippen LogP contribution is -2.08.